The molecule has 0 atom stereocenters. The van der Waals surface area contributed by atoms with Gasteiger partial charge in [0.1, 0.15) is 5.75 Å². The van der Waals surface area contributed by atoms with E-state index < -0.39 is 0 Å². The molecule has 3 rings (SSSR count). The largest absolute Gasteiger partial charge is 0.493 e. The highest BCUT2D eigenvalue weighted by atomic mass is 16.5. The Morgan fingerprint density at radius 3 is 2.75 bits per heavy atom. The van der Waals surface area contributed by atoms with Crippen molar-refractivity contribution in [2.45, 2.75) is 26.3 Å². The molecule has 0 spiro atoms. The van der Waals surface area contributed by atoms with Gasteiger partial charge in [0.2, 0.25) is 0 Å². The molecule has 0 aromatic heterocycles. The van der Waals surface area contributed by atoms with Crippen molar-refractivity contribution in [3.05, 3.63) is 64.7 Å². The zero-order valence-corrected chi connectivity index (χ0v) is 19.4. The number of hydrogen-bond donors (Lipinski definition) is 3. The first kappa shape index (κ1) is 23.6. The van der Waals surface area contributed by atoms with Crippen LogP contribution >= 0.6 is 0 Å². The molecule has 0 bridgehead atoms. The van der Waals surface area contributed by atoms with Crippen LogP contribution in [0, 0.1) is 0 Å². The van der Waals surface area contributed by atoms with Gasteiger partial charge in [0.15, 0.2) is 5.96 Å². The average molecular weight is 438 g/mol. The van der Waals surface area contributed by atoms with Crippen LogP contribution in [0.4, 0.5) is 0 Å². The third kappa shape index (κ3) is 7.27. The Labute approximate surface area is 191 Å². The monoisotopic (exact) mass is 437 g/mol. The van der Waals surface area contributed by atoms with Gasteiger partial charge in [-0.25, -0.2) is 4.99 Å². The van der Waals surface area contributed by atoms with E-state index in [0.717, 1.165) is 56.4 Å². The van der Waals surface area contributed by atoms with Crippen LogP contribution in [0.5, 0.6) is 5.75 Å². The van der Waals surface area contributed by atoms with Gasteiger partial charge in [0, 0.05) is 38.2 Å². The molecule has 172 valence electrons. The maximum atomic E-state index is 12.4. The first-order chi connectivity index (χ1) is 15.5. The Morgan fingerprint density at radius 1 is 1.06 bits per heavy atom. The lowest BCUT2D eigenvalue weighted by atomic mass is 10.1. The second-order valence-electron chi connectivity index (χ2n) is 8.17. The number of rotatable bonds is 10. The van der Waals surface area contributed by atoms with Gasteiger partial charge in [0.25, 0.3) is 5.91 Å². The molecule has 0 fully saturated rings. The van der Waals surface area contributed by atoms with Crippen LogP contribution in [0.1, 0.15) is 34.0 Å². The molecular weight excluding hydrogens is 402 g/mol. The number of amides is 1. The standard InChI is InChI=1S/C25H35N5O2/c1-4-26-25(28-12-10-19-8-9-23-21(16-19)11-15-32-23)29-18-20-6-5-7-22(17-20)24(31)27-13-14-30(2)3/h5-9,16-17H,4,10-15,18H2,1-3H3,(H,27,31)(H2,26,28,29). The van der Waals surface area contributed by atoms with E-state index in [1.165, 1.54) is 11.1 Å². The Bertz CT molecular complexity index is 926. The highest BCUT2D eigenvalue weighted by molar-refractivity contribution is 5.94. The van der Waals surface area contributed by atoms with E-state index in [-0.39, 0.29) is 5.91 Å². The predicted molar refractivity (Wildman–Crippen MR) is 129 cm³/mol. The fourth-order valence-corrected chi connectivity index (χ4v) is 3.54. The van der Waals surface area contributed by atoms with Gasteiger partial charge in [0.05, 0.1) is 13.2 Å². The van der Waals surface area contributed by atoms with E-state index >= 15 is 0 Å². The number of carbonyl (C=O) groups is 1. The maximum absolute atomic E-state index is 12.4. The lowest BCUT2D eigenvalue weighted by molar-refractivity contribution is 0.0951. The molecule has 7 heteroatoms. The molecule has 1 heterocycles. The molecule has 32 heavy (non-hydrogen) atoms. The van der Waals surface area contributed by atoms with Crippen LogP contribution in [0.25, 0.3) is 0 Å². The summed E-state index contributed by atoms with van der Waals surface area (Å²) in [6, 6.07) is 14.1. The summed E-state index contributed by atoms with van der Waals surface area (Å²) in [5.74, 6) is 1.74. The second kappa shape index (κ2) is 12.1. The van der Waals surface area contributed by atoms with E-state index in [2.05, 4.69) is 41.1 Å². The van der Waals surface area contributed by atoms with E-state index in [1.54, 1.807) is 0 Å². The van der Waals surface area contributed by atoms with Crippen molar-refractivity contribution in [3.8, 4) is 5.75 Å². The molecule has 7 nitrogen and oxygen atoms in total. The summed E-state index contributed by atoms with van der Waals surface area (Å²) in [4.78, 5) is 19.1. The number of ether oxygens (including phenoxy) is 1. The van der Waals surface area contributed by atoms with Crippen molar-refractivity contribution in [3.63, 3.8) is 0 Å². The SMILES string of the molecule is CCNC(=NCc1cccc(C(=O)NCCN(C)C)c1)NCCc1ccc2c(c1)CCO2. The van der Waals surface area contributed by atoms with E-state index in [9.17, 15) is 4.79 Å². The molecule has 2 aromatic rings. The molecule has 1 aliphatic heterocycles. The highest BCUT2D eigenvalue weighted by Crippen LogP contribution is 2.25. The Morgan fingerprint density at radius 2 is 1.94 bits per heavy atom. The Balaban J connectivity index is 1.52. The molecule has 2 aromatic carbocycles. The fraction of sp³-hybridized carbons (Fsp3) is 0.440. The number of hydrogen-bond acceptors (Lipinski definition) is 4. The number of carbonyl (C=O) groups excluding carboxylic acids is 1. The smallest absolute Gasteiger partial charge is 0.251 e. The summed E-state index contributed by atoms with van der Waals surface area (Å²) < 4.78 is 5.58. The minimum Gasteiger partial charge on any atom is -0.493 e. The number of benzene rings is 2. The van der Waals surface area contributed by atoms with Crippen LogP contribution < -0.4 is 20.7 Å². The molecule has 1 aliphatic rings. The van der Waals surface area contributed by atoms with Crippen LogP contribution in [-0.2, 0) is 19.4 Å². The topological polar surface area (TPSA) is 78.0 Å². The van der Waals surface area contributed by atoms with Gasteiger partial charge in [-0.15, -0.1) is 0 Å². The average Bonchev–Trinajstić information content (AvgIpc) is 3.25. The Hall–Kier alpha value is -3.06. The van der Waals surface area contributed by atoms with Gasteiger partial charge in [-0.2, -0.15) is 0 Å². The summed E-state index contributed by atoms with van der Waals surface area (Å²) in [6.07, 6.45) is 1.91. The normalized spacial score (nSPS) is 12.9. The minimum atomic E-state index is -0.0533. The van der Waals surface area contributed by atoms with Crippen molar-refractivity contribution in [2.75, 3.05) is 46.9 Å². The Kier molecular flexibility index (Phi) is 8.92. The van der Waals surface area contributed by atoms with Crippen LogP contribution in [0.3, 0.4) is 0 Å². The minimum absolute atomic E-state index is 0.0533. The number of likely N-dealkylation sites (N-methyl/N-ethyl adjacent to an activating group) is 1. The van der Waals surface area contributed by atoms with Crippen molar-refractivity contribution >= 4 is 11.9 Å². The fourth-order valence-electron chi connectivity index (χ4n) is 3.54. The number of guanidine groups is 1. The zero-order chi connectivity index (χ0) is 22.8. The van der Waals surface area contributed by atoms with Gasteiger partial charge in [-0.3, -0.25) is 4.79 Å². The van der Waals surface area contributed by atoms with Gasteiger partial charge < -0.3 is 25.6 Å². The van der Waals surface area contributed by atoms with Gasteiger partial charge >= 0.3 is 0 Å². The number of nitrogens with zero attached hydrogens (tertiary/aromatic N) is 2. The summed E-state index contributed by atoms with van der Waals surface area (Å²) in [5, 5.41) is 9.65. The molecule has 0 saturated heterocycles. The molecule has 3 N–H and O–H groups in total. The third-order valence-corrected chi connectivity index (χ3v) is 5.26. The van der Waals surface area contributed by atoms with Gasteiger partial charge in [-0.05, 0) is 62.3 Å². The first-order valence-electron chi connectivity index (χ1n) is 11.3. The van der Waals surface area contributed by atoms with Crippen molar-refractivity contribution in [2.24, 2.45) is 4.99 Å². The van der Waals surface area contributed by atoms with Crippen LogP contribution in [-0.4, -0.2) is 63.6 Å². The van der Waals surface area contributed by atoms with Crippen LogP contribution in [0.15, 0.2) is 47.5 Å². The molecule has 1 amide bonds. The predicted octanol–water partition coefficient (Wildman–Crippen LogP) is 2.21. The quantitative estimate of drug-likeness (QED) is 0.392. The van der Waals surface area contributed by atoms with Crippen LogP contribution in [0.2, 0.25) is 0 Å². The first-order valence-corrected chi connectivity index (χ1v) is 11.3. The lowest BCUT2D eigenvalue weighted by Crippen LogP contribution is -2.38. The second-order valence-corrected chi connectivity index (χ2v) is 8.17. The summed E-state index contributed by atoms with van der Waals surface area (Å²) >= 11 is 0. The summed E-state index contributed by atoms with van der Waals surface area (Å²) in [5.41, 5.74) is 4.26. The molecule has 0 saturated carbocycles. The van der Waals surface area contributed by atoms with Crippen molar-refractivity contribution < 1.29 is 9.53 Å². The number of fused-ring (bicyclic) bond motifs is 1. The van der Waals surface area contributed by atoms with Crippen molar-refractivity contribution in [1.82, 2.24) is 20.9 Å². The maximum Gasteiger partial charge on any atom is 0.251 e. The molecule has 0 unspecified atom stereocenters. The molecule has 0 radical (unpaired) electrons. The number of aliphatic imine (C=N–C) groups is 1. The summed E-state index contributed by atoms with van der Waals surface area (Å²) in [6.45, 7) is 6.36. The van der Waals surface area contributed by atoms with Crippen molar-refractivity contribution in [1.29, 1.82) is 0 Å². The lowest BCUT2D eigenvalue weighted by Gasteiger charge is -2.12. The molecular formula is C25H35N5O2. The van der Waals surface area contributed by atoms with E-state index in [1.807, 2.05) is 43.3 Å². The summed E-state index contributed by atoms with van der Waals surface area (Å²) in [7, 11) is 3.98. The van der Waals surface area contributed by atoms with E-state index in [4.69, 9.17) is 9.73 Å². The third-order valence-electron chi connectivity index (χ3n) is 5.26. The highest BCUT2D eigenvalue weighted by Gasteiger charge is 2.12. The van der Waals surface area contributed by atoms with Gasteiger partial charge in [-0.1, -0.05) is 24.3 Å². The van der Waals surface area contributed by atoms with E-state index in [0.29, 0.717) is 18.7 Å². The zero-order valence-electron chi connectivity index (χ0n) is 19.4. The molecule has 0 aliphatic carbocycles. The number of nitrogens with one attached hydrogen (secondary N) is 3.